The minimum atomic E-state index is -0.981. The number of aliphatic carboxylic acids is 1. The average Bonchev–Trinajstić information content (AvgIpc) is 2.64. The van der Waals surface area contributed by atoms with Crippen LogP contribution >= 0.6 is 0 Å². The predicted molar refractivity (Wildman–Crippen MR) is 109 cm³/mol. The molecule has 136 valence electrons. The maximum atomic E-state index is 11.1. The molecule has 3 heteroatoms. The zero-order valence-corrected chi connectivity index (χ0v) is 15.5. The van der Waals surface area contributed by atoms with Gasteiger partial charge in [0.1, 0.15) is 5.75 Å². The molecule has 0 unspecified atom stereocenters. The zero-order valence-electron chi connectivity index (χ0n) is 15.5. The largest absolute Gasteiger partial charge is 0.481 e. The number of fused-ring (bicyclic) bond motifs is 2. The van der Waals surface area contributed by atoms with Gasteiger partial charge >= 0.3 is 5.97 Å². The van der Waals surface area contributed by atoms with Gasteiger partial charge in [-0.2, -0.15) is 0 Å². The van der Waals surface area contributed by atoms with E-state index in [0.29, 0.717) is 5.75 Å². The van der Waals surface area contributed by atoms with E-state index in [0.717, 1.165) is 28.3 Å². The molecule has 0 aliphatic heterocycles. The van der Waals surface area contributed by atoms with Crippen LogP contribution in [-0.2, 0) is 11.2 Å². The Morgan fingerprint density at radius 3 is 2.70 bits per heavy atom. The van der Waals surface area contributed by atoms with Crippen LogP contribution in [-0.4, -0.2) is 17.7 Å². The number of rotatable bonds is 4. The number of benzene rings is 3. The zero-order chi connectivity index (χ0) is 19.0. The van der Waals surface area contributed by atoms with Gasteiger partial charge < -0.3 is 9.84 Å². The van der Waals surface area contributed by atoms with Crippen LogP contribution in [0.25, 0.3) is 28.0 Å². The van der Waals surface area contributed by atoms with Gasteiger partial charge in [0, 0.05) is 5.56 Å². The first-order valence-electron chi connectivity index (χ1n) is 9.12. The van der Waals surface area contributed by atoms with Crippen molar-refractivity contribution in [2.45, 2.75) is 20.3 Å². The van der Waals surface area contributed by atoms with Gasteiger partial charge in [0.2, 0.25) is 0 Å². The fourth-order valence-electron chi connectivity index (χ4n) is 3.83. The van der Waals surface area contributed by atoms with Crippen LogP contribution < -0.4 is 4.74 Å². The highest BCUT2D eigenvalue weighted by Gasteiger charge is 2.24. The van der Waals surface area contributed by atoms with Crippen molar-refractivity contribution >= 4 is 22.8 Å². The Bertz CT molecular complexity index is 1060. The summed E-state index contributed by atoms with van der Waals surface area (Å²) >= 11 is 0. The summed E-state index contributed by atoms with van der Waals surface area (Å²) in [4.78, 5) is 11.1. The third-order valence-corrected chi connectivity index (χ3v) is 5.05. The predicted octanol–water partition coefficient (Wildman–Crippen LogP) is 5.57. The van der Waals surface area contributed by atoms with Gasteiger partial charge in [-0.25, -0.2) is 4.79 Å². The van der Waals surface area contributed by atoms with Gasteiger partial charge in [0.15, 0.2) is 6.61 Å². The van der Waals surface area contributed by atoms with E-state index in [1.54, 1.807) is 0 Å². The highest BCUT2D eigenvalue weighted by atomic mass is 16.5. The van der Waals surface area contributed by atoms with E-state index in [1.165, 1.54) is 11.1 Å². The van der Waals surface area contributed by atoms with Crippen molar-refractivity contribution in [2.75, 3.05) is 6.61 Å². The minimum absolute atomic E-state index is 0.132. The van der Waals surface area contributed by atoms with E-state index in [9.17, 15) is 4.79 Å². The quantitative estimate of drug-likeness (QED) is 0.663. The van der Waals surface area contributed by atoms with E-state index < -0.39 is 5.97 Å². The summed E-state index contributed by atoms with van der Waals surface area (Å²) in [6.07, 6.45) is 5.42. The summed E-state index contributed by atoms with van der Waals surface area (Å²) in [5, 5.41) is 11.2. The smallest absolute Gasteiger partial charge is 0.341 e. The molecule has 0 aromatic heterocycles. The second-order valence-corrected chi connectivity index (χ2v) is 7.72. The molecule has 1 aliphatic carbocycles. The third kappa shape index (κ3) is 3.33. The van der Waals surface area contributed by atoms with Crippen LogP contribution in [0, 0.1) is 5.41 Å². The number of hydrogen-bond acceptors (Lipinski definition) is 2. The van der Waals surface area contributed by atoms with Crippen molar-refractivity contribution in [2.24, 2.45) is 5.41 Å². The SMILES string of the molecule is CC1(C)C=Cc2c(cccc2-c2c(OCC(=O)O)ccc3ccccc23)C1. The third-order valence-electron chi connectivity index (χ3n) is 5.05. The molecule has 3 aromatic rings. The first-order valence-corrected chi connectivity index (χ1v) is 9.12. The first-order chi connectivity index (χ1) is 12.9. The summed E-state index contributed by atoms with van der Waals surface area (Å²) in [6, 6.07) is 18.3. The van der Waals surface area contributed by atoms with E-state index >= 15 is 0 Å². The van der Waals surface area contributed by atoms with Crippen LogP contribution in [0.2, 0.25) is 0 Å². The number of allylic oxidation sites excluding steroid dienone is 1. The molecular weight excluding hydrogens is 336 g/mol. The van der Waals surface area contributed by atoms with Crippen LogP contribution in [0.4, 0.5) is 0 Å². The van der Waals surface area contributed by atoms with Gasteiger partial charge in [0.25, 0.3) is 0 Å². The monoisotopic (exact) mass is 358 g/mol. The van der Waals surface area contributed by atoms with Crippen molar-refractivity contribution in [1.29, 1.82) is 0 Å². The number of carboxylic acids is 1. The van der Waals surface area contributed by atoms with Crippen molar-refractivity contribution in [3.63, 3.8) is 0 Å². The molecule has 3 aromatic carbocycles. The maximum absolute atomic E-state index is 11.1. The number of hydrogen-bond donors (Lipinski definition) is 1. The maximum Gasteiger partial charge on any atom is 0.341 e. The molecule has 1 N–H and O–H groups in total. The average molecular weight is 358 g/mol. The fraction of sp³-hybridized carbons (Fsp3) is 0.208. The molecule has 0 saturated carbocycles. The molecule has 0 spiro atoms. The Kier molecular flexibility index (Phi) is 4.23. The van der Waals surface area contributed by atoms with Gasteiger partial charge in [-0.05, 0) is 45.4 Å². The van der Waals surface area contributed by atoms with E-state index in [4.69, 9.17) is 9.84 Å². The van der Waals surface area contributed by atoms with Crippen molar-refractivity contribution in [3.05, 3.63) is 71.8 Å². The molecule has 27 heavy (non-hydrogen) atoms. The molecule has 0 atom stereocenters. The lowest BCUT2D eigenvalue weighted by Crippen LogP contribution is -2.16. The number of ether oxygens (including phenoxy) is 1. The van der Waals surface area contributed by atoms with Gasteiger partial charge in [-0.15, -0.1) is 0 Å². The van der Waals surface area contributed by atoms with Crippen molar-refractivity contribution < 1.29 is 14.6 Å². The Morgan fingerprint density at radius 1 is 1.07 bits per heavy atom. The van der Waals surface area contributed by atoms with Crippen LogP contribution in [0.3, 0.4) is 0 Å². The highest BCUT2D eigenvalue weighted by Crippen LogP contribution is 2.43. The van der Waals surface area contributed by atoms with E-state index in [2.05, 4.69) is 56.3 Å². The molecular formula is C24H22O3. The molecule has 0 fully saturated rings. The van der Waals surface area contributed by atoms with Crippen LogP contribution in [0.5, 0.6) is 5.75 Å². The Morgan fingerprint density at radius 2 is 1.89 bits per heavy atom. The molecule has 0 amide bonds. The normalized spacial score (nSPS) is 14.7. The van der Waals surface area contributed by atoms with Crippen molar-refractivity contribution in [1.82, 2.24) is 0 Å². The molecule has 3 nitrogen and oxygen atoms in total. The first kappa shape index (κ1) is 17.3. The molecule has 0 saturated heterocycles. The van der Waals surface area contributed by atoms with Crippen LogP contribution in [0.15, 0.2) is 60.7 Å². The lowest BCUT2D eigenvalue weighted by molar-refractivity contribution is -0.139. The summed E-state index contributed by atoms with van der Waals surface area (Å²) in [6.45, 7) is 4.11. The van der Waals surface area contributed by atoms with Gasteiger partial charge in [-0.3, -0.25) is 0 Å². The molecule has 0 radical (unpaired) electrons. The standard InChI is InChI=1S/C24H22O3/c1-24(2)13-12-18-17(14-24)7-5-9-20(18)23-19-8-4-3-6-16(19)10-11-21(23)27-15-22(25)26/h3-13H,14-15H2,1-2H3,(H,25,26). The second kappa shape index (κ2) is 6.58. The molecule has 4 rings (SSSR count). The highest BCUT2D eigenvalue weighted by molar-refractivity contribution is 6.02. The molecule has 0 bridgehead atoms. The minimum Gasteiger partial charge on any atom is -0.481 e. The van der Waals surface area contributed by atoms with Crippen LogP contribution in [0.1, 0.15) is 25.0 Å². The van der Waals surface area contributed by atoms with Gasteiger partial charge in [0.05, 0.1) is 0 Å². The lowest BCUT2D eigenvalue weighted by Gasteiger charge is -2.27. The Labute approximate surface area is 158 Å². The van der Waals surface area contributed by atoms with E-state index in [-0.39, 0.29) is 12.0 Å². The summed E-state index contributed by atoms with van der Waals surface area (Å²) < 4.78 is 5.67. The summed E-state index contributed by atoms with van der Waals surface area (Å²) in [7, 11) is 0. The fourth-order valence-corrected chi connectivity index (χ4v) is 3.83. The second-order valence-electron chi connectivity index (χ2n) is 7.72. The molecule has 0 heterocycles. The number of carboxylic acid groups (broad SMARTS) is 1. The lowest BCUT2D eigenvalue weighted by atomic mass is 9.77. The Balaban J connectivity index is 1.96. The summed E-state index contributed by atoms with van der Waals surface area (Å²) in [5.74, 6) is -0.381. The van der Waals surface area contributed by atoms with E-state index in [1.807, 2.05) is 24.3 Å². The Hall–Kier alpha value is -3.07. The van der Waals surface area contributed by atoms with Gasteiger partial charge in [-0.1, -0.05) is 74.5 Å². The van der Waals surface area contributed by atoms with Crippen molar-refractivity contribution in [3.8, 4) is 16.9 Å². The summed E-state index contributed by atoms with van der Waals surface area (Å²) in [5.41, 5.74) is 4.66. The number of carbonyl (C=O) groups is 1. The molecule has 1 aliphatic rings. The topological polar surface area (TPSA) is 46.5 Å².